The van der Waals surface area contributed by atoms with E-state index in [0.717, 1.165) is 4.90 Å². The summed E-state index contributed by atoms with van der Waals surface area (Å²) in [5.74, 6) is -0.0441. The molecule has 0 aliphatic carbocycles. The van der Waals surface area contributed by atoms with E-state index in [4.69, 9.17) is 32.7 Å². The van der Waals surface area contributed by atoms with E-state index < -0.39 is 11.8 Å². The van der Waals surface area contributed by atoms with Crippen LogP contribution in [-0.4, -0.2) is 37.7 Å². The molecule has 220 valence electrons. The molecule has 0 saturated carbocycles. The van der Waals surface area contributed by atoms with E-state index in [1.807, 2.05) is 0 Å². The summed E-state index contributed by atoms with van der Waals surface area (Å²) in [4.78, 5) is 39.5. The molecule has 3 amide bonds. The van der Waals surface area contributed by atoms with Crippen LogP contribution < -0.4 is 25.4 Å². The molecule has 4 rings (SSSR count). The molecule has 0 aliphatic rings. The van der Waals surface area contributed by atoms with Crippen LogP contribution in [0.3, 0.4) is 0 Å². The van der Waals surface area contributed by atoms with E-state index in [-0.39, 0.29) is 17.4 Å². The van der Waals surface area contributed by atoms with Crippen LogP contribution >= 0.6 is 35.0 Å². The van der Waals surface area contributed by atoms with Crippen LogP contribution in [0.2, 0.25) is 10.0 Å². The minimum atomic E-state index is -0.529. The summed E-state index contributed by atoms with van der Waals surface area (Å²) in [5.41, 5.74) is 2.01. The van der Waals surface area contributed by atoms with Crippen LogP contribution in [0.4, 0.5) is 11.4 Å². The first-order valence-corrected chi connectivity index (χ1v) is 14.6. The Morgan fingerprint density at radius 1 is 0.814 bits per heavy atom. The van der Waals surface area contributed by atoms with Gasteiger partial charge in [-0.2, -0.15) is 0 Å². The van der Waals surface area contributed by atoms with Gasteiger partial charge in [0.2, 0.25) is 5.91 Å². The van der Waals surface area contributed by atoms with Crippen LogP contribution in [0.25, 0.3) is 6.08 Å². The Morgan fingerprint density at radius 3 is 2.21 bits per heavy atom. The summed E-state index contributed by atoms with van der Waals surface area (Å²) in [6.07, 6.45) is 1.55. The van der Waals surface area contributed by atoms with Crippen molar-refractivity contribution in [2.75, 3.05) is 30.6 Å². The highest BCUT2D eigenvalue weighted by Gasteiger charge is 2.16. The van der Waals surface area contributed by atoms with Crippen LogP contribution in [0.5, 0.6) is 11.5 Å². The summed E-state index contributed by atoms with van der Waals surface area (Å²) >= 11 is 13.3. The summed E-state index contributed by atoms with van der Waals surface area (Å²) in [6, 6.07) is 25.6. The number of nitrogens with one attached hydrogen (secondary N) is 3. The van der Waals surface area contributed by atoms with Gasteiger partial charge in [-0.3, -0.25) is 14.4 Å². The highest BCUT2D eigenvalue weighted by molar-refractivity contribution is 8.00. The number of carbonyl (C=O) groups excluding carboxylic acids is 3. The Morgan fingerprint density at radius 2 is 1.53 bits per heavy atom. The van der Waals surface area contributed by atoms with Gasteiger partial charge in [-0.05, 0) is 78.4 Å². The first-order valence-electron chi connectivity index (χ1n) is 12.8. The molecule has 0 aromatic heterocycles. The number of methoxy groups -OCH3 is 2. The molecule has 0 radical (unpaired) electrons. The number of rotatable bonds is 11. The standard InChI is InChI=1S/C32H27Cl2N3O5S/c1-41-28-15-8-20(17-29(28)42-2)16-27(37-31(39)21-6-4-3-5-7-21)32(40)35-23-10-12-24(13-11-23)43-19-30(38)36-26-14-9-22(33)18-25(26)34/h3-18H,19H2,1-2H3,(H,35,40)(H,36,38)(H,37,39)/b27-16-. The second-order valence-electron chi connectivity index (χ2n) is 8.93. The quantitative estimate of drug-likeness (QED) is 0.119. The second-order valence-corrected chi connectivity index (χ2v) is 10.8. The number of thioether (sulfide) groups is 1. The fourth-order valence-corrected chi connectivity index (χ4v) is 4.96. The third-order valence-electron chi connectivity index (χ3n) is 5.93. The number of amides is 3. The third-order valence-corrected chi connectivity index (χ3v) is 7.49. The fourth-order valence-electron chi connectivity index (χ4n) is 3.81. The average Bonchev–Trinajstić information content (AvgIpc) is 3.02. The largest absolute Gasteiger partial charge is 0.493 e. The molecule has 4 aromatic rings. The van der Waals surface area contributed by atoms with Gasteiger partial charge in [0.15, 0.2) is 11.5 Å². The van der Waals surface area contributed by atoms with Crippen LogP contribution in [0.1, 0.15) is 15.9 Å². The Labute approximate surface area is 263 Å². The number of carbonyl (C=O) groups is 3. The number of halogens is 2. The minimum Gasteiger partial charge on any atom is -0.493 e. The van der Waals surface area contributed by atoms with Crippen LogP contribution in [0, 0.1) is 0 Å². The lowest BCUT2D eigenvalue weighted by molar-refractivity contribution is -0.114. The van der Waals surface area contributed by atoms with E-state index in [1.54, 1.807) is 97.1 Å². The molecule has 8 nitrogen and oxygen atoms in total. The lowest BCUT2D eigenvalue weighted by Gasteiger charge is -2.13. The van der Waals surface area contributed by atoms with Crippen molar-refractivity contribution in [1.82, 2.24) is 5.32 Å². The highest BCUT2D eigenvalue weighted by atomic mass is 35.5. The Hall–Kier alpha value is -4.44. The lowest BCUT2D eigenvalue weighted by atomic mass is 10.1. The van der Waals surface area contributed by atoms with Gasteiger partial charge < -0.3 is 25.4 Å². The number of hydrogen-bond acceptors (Lipinski definition) is 6. The molecule has 0 spiro atoms. The molecule has 43 heavy (non-hydrogen) atoms. The highest BCUT2D eigenvalue weighted by Crippen LogP contribution is 2.29. The topological polar surface area (TPSA) is 106 Å². The lowest BCUT2D eigenvalue weighted by Crippen LogP contribution is -2.30. The molecule has 0 unspecified atom stereocenters. The molecule has 4 aromatic carbocycles. The SMILES string of the molecule is COc1ccc(/C=C(\NC(=O)c2ccccc2)C(=O)Nc2ccc(SCC(=O)Nc3ccc(Cl)cc3Cl)cc2)cc1OC. The molecule has 0 heterocycles. The molecule has 0 bridgehead atoms. The summed E-state index contributed by atoms with van der Waals surface area (Å²) in [6.45, 7) is 0. The summed E-state index contributed by atoms with van der Waals surface area (Å²) < 4.78 is 10.7. The van der Waals surface area contributed by atoms with Gasteiger partial charge in [-0.25, -0.2) is 0 Å². The van der Waals surface area contributed by atoms with Gasteiger partial charge in [-0.15, -0.1) is 11.8 Å². The first-order chi connectivity index (χ1) is 20.7. The van der Waals surface area contributed by atoms with Gasteiger partial charge in [-0.1, -0.05) is 47.5 Å². The van der Waals surface area contributed by atoms with Crippen molar-refractivity contribution in [3.8, 4) is 11.5 Å². The van der Waals surface area contributed by atoms with Gasteiger partial charge in [0, 0.05) is 21.2 Å². The van der Waals surface area contributed by atoms with Gasteiger partial charge in [0.25, 0.3) is 11.8 Å². The molecule has 3 N–H and O–H groups in total. The predicted molar refractivity (Wildman–Crippen MR) is 172 cm³/mol. The van der Waals surface area contributed by atoms with Crippen molar-refractivity contribution in [2.45, 2.75) is 4.90 Å². The molecule has 11 heteroatoms. The smallest absolute Gasteiger partial charge is 0.272 e. The number of hydrogen-bond donors (Lipinski definition) is 3. The zero-order valence-electron chi connectivity index (χ0n) is 23.2. The van der Waals surface area contributed by atoms with Crippen molar-refractivity contribution in [2.24, 2.45) is 0 Å². The van der Waals surface area contributed by atoms with Gasteiger partial charge in [0.05, 0.1) is 30.7 Å². The van der Waals surface area contributed by atoms with E-state index in [2.05, 4.69) is 16.0 Å². The van der Waals surface area contributed by atoms with Crippen molar-refractivity contribution in [3.63, 3.8) is 0 Å². The van der Waals surface area contributed by atoms with E-state index in [0.29, 0.717) is 44.0 Å². The Kier molecular flexibility index (Phi) is 11.1. The molecule has 0 aliphatic heterocycles. The summed E-state index contributed by atoms with van der Waals surface area (Å²) in [7, 11) is 3.04. The Bertz CT molecular complexity index is 1650. The number of ether oxygens (including phenoxy) is 2. The summed E-state index contributed by atoms with van der Waals surface area (Å²) in [5, 5.41) is 9.11. The van der Waals surface area contributed by atoms with Gasteiger partial charge in [0.1, 0.15) is 5.70 Å². The number of anilines is 2. The van der Waals surface area contributed by atoms with Crippen molar-refractivity contribution in [1.29, 1.82) is 0 Å². The van der Waals surface area contributed by atoms with Crippen LogP contribution in [-0.2, 0) is 9.59 Å². The van der Waals surface area contributed by atoms with E-state index >= 15 is 0 Å². The first kappa shape index (κ1) is 31.5. The van der Waals surface area contributed by atoms with Crippen molar-refractivity contribution >= 4 is 70.1 Å². The molecular weight excluding hydrogens is 609 g/mol. The Balaban J connectivity index is 1.44. The van der Waals surface area contributed by atoms with Gasteiger partial charge >= 0.3 is 0 Å². The maximum absolute atomic E-state index is 13.4. The monoisotopic (exact) mass is 635 g/mol. The fraction of sp³-hybridized carbons (Fsp3) is 0.0938. The van der Waals surface area contributed by atoms with Crippen molar-refractivity contribution in [3.05, 3.63) is 118 Å². The molecular formula is C32H27Cl2N3O5S. The molecule has 0 fully saturated rings. The number of benzene rings is 4. The second kappa shape index (κ2) is 15.2. The maximum atomic E-state index is 13.4. The maximum Gasteiger partial charge on any atom is 0.272 e. The zero-order chi connectivity index (χ0) is 30.8. The molecule has 0 saturated heterocycles. The normalized spacial score (nSPS) is 10.9. The minimum absolute atomic E-state index is 0.0251. The third kappa shape index (κ3) is 9.02. The van der Waals surface area contributed by atoms with Crippen molar-refractivity contribution < 1.29 is 23.9 Å². The van der Waals surface area contributed by atoms with E-state index in [9.17, 15) is 14.4 Å². The molecule has 0 atom stereocenters. The average molecular weight is 637 g/mol. The predicted octanol–water partition coefficient (Wildman–Crippen LogP) is 7.15. The zero-order valence-corrected chi connectivity index (χ0v) is 25.5. The van der Waals surface area contributed by atoms with E-state index in [1.165, 1.54) is 26.0 Å². The van der Waals surface area contributed by atoms with Crippen LogP contribution in [0.15, 0.2) is 102 Å².